The molecule has 9 nitrogen and oxygen atoms in total. The molecule has 1 saturated carbocycles. The van der Waals surface area contributed by atoms with Crippen LogP contribution in [0.5, 0.6) is 11.8 Å². The number of piperidine rings is 1. The Hall–Kier alpha value is -3.98. The van der Waals surface area contributed by atoms with Gasteiger partial charge in [0.1, 0.15) is 5.75 Å². The molecule has 43 heavy (non-hydrogen) atoms. The van der Waals surface area contributed by atoms with Gasteiger partial charge in [-0.3, -0.25) is 4.90 Å². The van der Waals surface area contributed by atoms with Crippen LogP contribution in [0.4, 0.5) is 4.79 Å². The molecule has 226 valence electrons. The van der Waals surface area contributed by atoms with Gasteiger partial charge in [0.15, 0.2) is 0 Å². The maximum Gasteiger partial charge on any atom is 0.335 e. The van der Waals surface area contributed by atoms with Crippen molar-refractivity contribution in [3.63, 3.8) is 0 Å². The minimum Gasteiger partial charge on any atom is -0.478 e. The summed E-state index contributed by atoms with van der Waals surface area (Å²) in [5, 5.41) is 9.11. The molecule has 6 rings (SSSR count). The van der Waals surface area contributed by atoms with E-state index in [1.165, 1.54) is 37.0 Å². The van der Waals surface area contributed by atoms with Crippen molar-refractivity contribution >= 4 is 12.0 Å². The molecule has 1 aromatic heterocycles. The Bertz CT molecular complexity index is 1410. The minimum absolute atomic E-state index is 0.109. The maximum absolute atomic E-state index is 13.9. The lowest BCUT2D eigenvalue weighted by Gasteiger charge is -2.39. The topological polar surface area (TPSA) is 99.1 Å². The quantitative estimate of drug-likeness (QED) is 0.329. The zero-order valence-corrected chi connectivity index (χ0v) is 25.1. The second kappa shape index (κ2) is 12.7. The average molecular weight is 584 g/mol. The molecule has 1 atom stereocenters. The molecule has 3 aromatic rings. The number of urea groups is 1. The predicted molar refractivity (Wildman–Crippen MR) is 163 cm³/mol. The van der Waals surface area contributed by atoms with E-state index in [9.17, 15) is 9.59 Å². The summed E-state index contributed by atoms with van der Waals surface area (Å²) in [5.74, 6) is -0.488. The van der Waals surface area contributed by atoms with Crippen molar-refractivity contribution in [2.75, 3.05) is 19.6 Å². The molecule has 3 aliphatic rings. The molecule has 1 N–H and O–H groups in total. The first-order valence-corrected chi connectivity index (χ1v) is 15.6. The highest BCUT2D eigenvalue weighted by Gasteiger charge is 2.45. The number of hydrogen-bond acceptors (Lipinski definition) is 6. The molecule has 0 radical (unpaired) electrons. The van der Waals surface area contributed by atoms with Gasteiger partial charge < -0.3 is 19.6 Å². The number of carboxylic acid groups (broad SMARTS) is 1. The van der Waals surface area contributed by atoms with Crippen LogP contribution in [0.3, 0.4) is 0 Å². The molecule has 0 spiro atoms. The number of likely N-dealkylation sites (tertiary alicyclic amines) is 1. The van der Waals surface area contributed by atoms with E-state index >= 15 is 0 Å². The van der Waals surface area contributed by atoms with Crippen molar-refractivity contribution in [3.05, 3.63) is 82.7 Å². The zero-order valence-electron chi connectivity index (χ0n) is 25.1. The number of aromatic carboxylic acids is 1. The number of amides is 2. The third-order valence-electron chi connectivity index (χ3n) is 9.41. The Morgan fingerprint density at radius 2 is 1.53 bits per heavy atom. The third-order valence-corrected chi connectivity index (χ3v) is 9.41. The van der Waals surface area contributed by atoms with Crippen LogP contribution in [-0.2, 0) is 6.54 Å². The van der Waals surface area contributed by atoms with E-state index in [-0.39, 0.29) is 29.7 Å². The maximum atomic E-state index is 13.9. The van der Waals surface area contributed by atoms with Gasteiger partial charge in [-0.2, -0.15) is 9.97 Å². The van der Waals surface area contributed by atoms with Crippen LogP contribution in [0.15, 0.2) is 54.6 Å². The van der Waals surface area contributed by atoms with Gasteiger partial charge >= 0.3 is 18.0 Å². The standard InChI is InChI=1S/C34H41N5O4/c1-23-30(24(2)36-33(35-23)43-29-15-13-26(14-16-29)32(40)41)21-37-19-17-28(18-20-37)39-31(25-9-5-3-6-10-25)22-38(34(39)42)27-11-7-4-8-12-27/h3,5-6,9-10,13-16,27-28,31H,4,7-8,11-12,17-22H2,1-2H3,(H,40,41). The zero-order chi connectivity index (χ0) is 29.9. The summed E-state index contributed by atoms with van der Waals surface area (Å²) in [6, 6.07) is 18.0. The van der Waals surface area contributed by atoms with Gasteiger partial charge in [0.25, 0.3) is 0 Å². The second-order valence-corrected chi connectivity index (χ2v) is 12.2. The van der Waals surface area contributed by atoms with Crippen molar-refractivity contribution < 1.29 is 19.4 Å². The number of rotatable bonds is 8. The van der Waals surface area contributed by atoms with Gasteiger partial charge in [-0.15, -0.1) is 0 Å². The summed E-state index contributed by atoms with van der Waals surface area (Å²) < 4.78 is 5.83. The van der Waals surface area contributed by atoms with E-state index in [1.807, 2.05) is 19.9 Å². The SMILES string of the molecule is Cc1nc(Oc2ccc(C(=O)O)cc2)nc(C)c1CN1CCC(N2C(=O)N(C3CCCCC3)CC2c2ccccc2)CC1. The molecule has 2 amide bonds. The summed E-state index contributed by atoms with van der Waals surface area (Å²) in [6.45, 7) is 7.32. The normalized spacial score (nSPS) is 20.5. The Morgan fingerprint density at radius 1 is 0.884 bits per heavy atom. The van der Waals surface area contributed by atoms with Gasteiger partial charge in [-0.05, 0) is 69.4 Å². The van der Waals surface area contributed by atoms with Gasteiger partial charge in [-0.1, -0.05) is 49.6 Å². The summed E-state index contributed by atoms with van der Waals surface area (Å²) in [6.07, 6.45) is 7.87. The number of carboxylic acids is 1. The van der Waals surface area contributed by atoms with Crippen molar-refractivity contribution in [1.82, 2.24) is 24.7 Å². The van der Waals surface area contributed by atoms with Crippen molar-refractivity contribution in [2.24, 2.45) is 0 Å². The number of ether oxygens (including phenoxy) is 1. The largest absolute Gasteiger partial charge is 0.478 e. The van der Waals surface area contributed by atoms with Crippen molar-refractivity contribution in [1.29, 1.82) is 0 Å². The summed E-state index contributed by atoms with van der Waals surface area (Å²) in [7, 11) is 0. The van der Waals surface area contributed by atoms with Crippen LogP contribution in [0.25, 0.3) is 0 Å². The minimum atomic E-state index is -0.979. The molecule has 0 bridgehead atoms. The van der Waals surface area contributed by atoms with Crippen LogP contribution in [0, 0.1) is 13.8 Å². The molecule has 3 fully saturated rings. The first-order valence-electron chi connectivity index (χ1n) is 15.6. The molecule has 1 aliphatic carbocycles. The predicted octanol–water partition coefficient (Wildman–Crippen LogP) is 6.36. The number of aryl methyl sites for hydroxylation is 2. The third kappa shape index (κ3) is 6.37. The van der Waals surface area contributed by atoms with Crippen LogP contribution in [0.2, 0.25) is 0 Å². The fourth-order valence-corrected chi connectivity index (χ4v) is 7.02. The van der Waals surface area contributed by atoms with Crippen molar-refractivity contribution in [3.8, 4) is 11.8 Å². The number of benzene rings is 2. The Morgan fingerprint density at radius 3 is 2.16 bits per heavy atom. The first-order chi connectivity index (χ1) is 20.9. The van der Waals surface area contributed by atoms with Gasteiger partial charge in [0.05, 0.1) is 11.6 Å². The van der Waals surface area contributed by atoms with E-state index in [0.717, 1.165) is 68.8 Å². The number of nitrogens with zero attached hydrogens (tertiary/aromatic N) is 5. The molecule has 1 unspecified atom stereocenters. The number of aromatic nitrogens is 2. The molecule has 2 aliphatic heterocycles. The highest BCUT2D eigenvalue weighted by atomic mass is 16.5. The number of carbonyl (C=O) groups is 2. The number of carbonyl (C=O) groups excluding carboxylic acids is 1. The molecule has 2 aromatic carbocycles. The molecule has 9 heteroatoms. The van der Waals surface area contributed by atoms with Gasteiger partial charge in [0, 0.05) is 55.2 Å². The van der Waals surface area contributed by atoms with Gasteiger partial charge in [0.2, 0.25) is 0 Å². The Labute approximate surface area is 253 Å². The highest BCUT2D eigenvalue weighted by Crippen LogP contribution is 2.38. The van der Waals surface area contributed by atoms with Crippen LogP contribution >= 0.6 is 0 Å². The van der Waals surface area contributed by atoms with E-state index in [1.54, 1.807) is 12.1 Å². The number of hydrogen-bond donors (Lipinski definition) is 1. The van der Waals surface area contributed by atoms with Crippen LogP contribution < -0.4 is 4.74 Å². The average Bonchev–Trinajstić information content (AvgIpc) is 3.37. The fraction of sp³-hybridized carbons (Fsp3) is 0.471. The highest BCUT2D eigenvalue weighted by molar-refractivity contribution is 5.87. The van der Waals surface area contributed by atoms with Crippen LogP contribution in [-0.4, -0.2) is 73.5 Å². The van der Waals surface area contributed by atoms with Crippen LogP contribution in [0.1, 0.15) is 83.9 Å². The van der Waals surface area contributed by atoms with Crippen molar-refractivity contribution in [2.45, 2.75) is 83.5 Å². The lowest BCUT2D eigenvalue weighted by Crippen LogP contribution is -2.48. The molecule has 2 saturated heterocycles. The lowest BCUT2D eigenvalue weighted by molar-refractivity contribution is 0.0696. The monoisotopic (exact) mass is 583 g/mol. The van der Waals surface area contributed by atoms with E-state index in [4.69, 9.17) is 9.84 Å². The van der Waals surface area contributed by atoms with Gasteiger partial charge in [-0.25, -0.2) is 9.59 Å². The van der Waals surface area contributed by atoms with E-state index in [2.05, 4.69) is 48.9 Å². The fourth-order valence-electron chi connectivity index (χ4n) is 7.02. The van der Waals surface area contributed by atoms with E-state index in [0.29, 0.717) is 11.8 Å². The first kappa shape index (κ1) is 29.1. The molecular formula is C34H41N5O4. The molecular weight excluding hydrogens is 542 g/mol. The van der Waals surface area contributed by atoms with E-state index < -0.39 is 5.97 Å². The lowest BCUT2D eigenvalue weighted by atomic mass is 9.94. The molecule has 3 heterocycles. The summed E-state index contributed by atoms with van der Waals surface area (Å²) in [4.78, 5) is 41.1. The smallest absolute Gasteiger partial charge is 0.335 e. The summed E-state index contributed by atoms with van der Waals surface area (Å²) >= 11 is 0. The summed E-state index contributed by atoms with van der Waals surface area (Å²) in [5.41, 5.74) is 4.27. The Kier molecular flexibility index (Phi) is 8.61. The second-order valence-electron chi connectivity index (χ2n) is 12.2. The Balaban J connectivity index is 1.11.